The van der Waals surface area contributed by atoms with Crippen molar-refractivity contribution in [2.75, 3.05) is 31.7 Å². The summed E-state index contributed by atoms with van der Waals surface area (Å²) in [5, 5.41) is 7.71. The molecule has 184 valence electrons. The van der Waals surface area contributed by atoms with Crippen LogP contribution in [0.4, 0.5) is 5.69 Å². The third-order valence-corrected chi connectivity index (χ3v) is 6.80. The summed E-state index contributed by atoms with van der Waals surface area (Å²) < 4.78 is 16.8. The summed E-state index contributed by atoms with van der Waals surface area (Å²) in [7, 11) is 0. The first kappa shape index (κ1) is 23.7. The number of pyridine rings is 1. The molecule has 0 saturated carbocycles. The van der Waals surface area contributed by atoms with Crippen molar-refractivity contribution in [1.82, 2.24) is 10.3 Å². The molecule has 1 aromatic heterocycles. The van der Waals surface area contributed by atoms with E-state index in [9.17, 15) is 4.79 Å². The Balaban J connectivity index is 1.20. The second-order valence-corrected chi connectivity index (χ2v) is 9.35. The highest BCUT2D eigenvalue weighted by Gasteiger charge is 2.17. The molecule has 2 aliphatic rings. The van der Waals surface area contributed by atoms with Crippen molar-refractivity contribution in [3.05, 3.63) is 65.4 Å². The average molecular weight is 476 g/mol. The number of hydrogen-bond acceptors (Lipinski definition) is 6. The van der Waals surface area contributed by atoms with Crippen LogP contribution in [0.5, 0.6) is 5.75 Å². The first-order valence-corrected chi connectivity index (χ1v) is 12.5. The first-order valence-electron chi connectivity index (χ1n) is 12.5. The number of aromatic nitrogens is 1. The summed E-state index contributed by atoms with van der Waals surface area (Å²) in [6.45, 7) is 5.80. The highest BCUT2D eigenvalue weighted by Crippen LogP contribution is 2.26. The Labute approximate surface area is 206 Å². The van der Waals surface area contributed by atoms with Crippen LogP contribution in [0, 0.1) is 6.92 Å². The van der Waals surface area contributed by atoms with E-state index in [1.54, 1.807) is 12.1 Å². The van der Waals surface area contributed by atoms with Crippen LogP contribution in [0.15, 0.2) is 48.7 Å². The van der Waals surface area contributed by atoms with Crippen LogP contribution in [0.3, 0.4) is 0 Å². The van der Waals surface area contributed by atoms with E-state index in [0.717, 1.165) is 85.5 Å². The molecule has 0 unspecified atom stereocenters. The number of rotatable bonds is 8. The predicted octanol–water partition coefficient (Wildman–Crippen LogP) is 4.62. The van der Waals surface area contributed by atoms with Gasteiger partial charge in [0.05, 0.1) is 11.6 Å². The molecule has 5 rings (SSSR count). The van der Waals surface area contributed by atoms with Gasteiger partial charge in [-0.15, -0.1) is 0 Å². The van der Waals surface area contributed by atoms with Gasteiger partial charge in [-0.3, -0.25) is 9.78 Å². The van der Waals surface area contributed by atoms with Crippen molar-refractivity contribution in [2.24, 2.45) is 0 Å². The molecule has 0 spiro atoms. The molecule has 0 bridgehead atoms. The topological polar surface area (TPSA) is 81.7 Å². The number of hydrogen-bond donors (Lipinski definition) is 2. The summed E-state index contributed by atoms with van der Waals surface area (Å²) in [5.74, 6) is 0.584. The monoisotopic (exact) mass is 475 g/mol. The van der Waals surface area contributed by atoms with Crippen LogP contribution in [0.2, 0.25) is 0 Å². The van der Waals surface area contributed by atoms with Crippen molar-refractivity contribution < 1.29 is 19.0 Å². The van der Waals surface area contributed by atoms with E-state index in [0.29, 0.717) is 18.2 Å². The maximum Gasteiger partial charge on any atom is 0.255 e. The third kappa shape index (κ3) is 5.99. The molecule has 1 amide bonds. The van der Waals surface area contributed by atoms with E-state index in [4.69, 9.17) is 19.2 Å². The Bertz CT molecular complexity index is 1150. The van der Waals surface area contributed by atoms with Gasteiger partial charge in [0.2, 0.25) is 0 Å². The zero-order valence-electron chi connectivity index (χ0n) is 20.2. The molecule has 2 fully saturated rings. The van der Waals surface area contributed by atoms with Crippen LogP contribution < -0.4 is 15.4 Å². The predicted molar refractivity (Wildman–Crippen MR) is 136 cm³/mol. The minimum absolute atomic E-state index is 0.157. The molecule has 3 heterocycles. The molecule has 2 saturated heterocycles. The minimum Gasteiger partial charge on any atom is -0.491 e. The van der Waals surface area contributed by atoms with Crippen LogP contribution in [-0.2, 0) is 16.0 Å². The van der Waals surface area contributed by atoms with E-state index in [1.165, 1.54) is 0 Å². The van der Waals surface area contributed by atoms with E-state index in [1.807, 2.05) is 37.4 Å². The average Bonchev–Trinajstić information content (AvgIpc) is 3.42. The normalized spacial score (nSPS) is 18.6. The molecule has 0 radical (unpaired) electrons. The highest BCUT2D eigenvalue weighted by atomic mass is 16.5. The van der Waals surface area contributed by atoms with Crippen molar-refractivity contribution in [1.29, 1.82) is 0 Å². The number of fused-ring (bicyclic) bond motifs is 1. The summed E-state index contributed by atoms with van der Waals surface area (Å²) in [4.78, 5) is 17.6. The molecule has 35 heavy (non-hydrogen) atoms. The SMILES string of the molecule is Cc1c(NC(=O)c2ccc(OC[C@H]3CCCO3)cc2)ccc2cc(CNC3CCOCC3)cnc12. The van der Waals surface area contributed by atoms with Gasteiger partial charge in [0.25, 0.3) is 5.91 Å². The zero-order chi connectivity index (χ0) is 24.0. The number of nitrogens with zero attached hydrogens (tertiary/aromatic N) is 1. The third-order valence-electron chi connectivity index (χ3n) is 6.80. The Morgan fingerprint density at radius 1 is 1.09 bits per heavy atom. The molecular weight excluding hydrogens is 442 g/mol. The molecule has 2 aliphatic heterocycles. The number of nitrogens with one attached hydrogen (secondary N) is 2. The Kier molecular flexibility index (Phi) is 7.57. The fraction of sp³-hybridized carbons (Fsp3) is 0.429. The van der Waals surface area contributed by atoms with Gasteiger partial charge in [0, 0.05) is 55.2 Å². The van der Waals surface area contributed by atoms with E-state index in [2.05, 4.69) is 16.7 Å². The molecule has 1 atom stereocenters. The second-order valence-electron chi connectivity index (χ2n) is 9.35. The summed E-state index contributed by atoms with van der Waals surface area (Å²) >= 11 is 0. The van der Waals surface area contributed by atoms with Gasteiger partial charge < -0.3 is 24.8 Å². The van der Waals surface area contributed by atoms with Crippen molar-refractivity contribution in [3.63, 3.8) is 0 Å². The zero-order valence-corrected chi connectivity index (χ0v) is 20.2. The van der Waals surface area contributed by atoms with Gasteiger partial charge in [-0.25, -0.2) is 0 Å². The lowest BCUT2D eigenvalue weighted by Crippen LogP contribution is -2.34. The van der Waals surface area contributed by atoms with Gasteiger partial charge in [0.15, 0.2) is 0 Å². The maximum atomic E-state index is 12.9. The highest BCUT2D eigenvalue weighted by molar-refractivity contribution is 6.06. The number of ether oxygens (including phenoxy) is 3. The van der Waals surface area contributed by atoms with Gasteiger partial charge in [-0.1, -0.05) is 6.07 Å². The number of aryl methyl sites for hydroxylation is 1. The number of benzene rings is 2. The van der Waals surface area contributed by atoms with E-state index >= 15 is 0 Å². The molecule has 0 aliphatic carbocycles. The number of amides is 1. The van der Waals surface area contributed by atoms with Crippen molar-refractivity contribution >= 4 is 22.5 Å². The summed E-state index contributed by atoms with van der Waals surface area (Å²) in [6, 6.07) is 13.9. The van der Waals surface area contributed by atoms with E-state index < -0.39 is 0 Å². The van der Waals surface area contributed by atoms with E-state index in [-0.39, 0.29) is 12.0 Å². The quantitative estimate of drug-likeness (QED) is 0.495. The molecule has 3 aromatic rings. The Morgan fingerprint density at radius 3 is 2.69 bits per heavy atom. The largest absolute Gasteiger partial charge is 0.491 e. The van der Waals surface area contributed by atoms with Crippen LogP contribution in [-0.4, -0.2) is 49.5 Å². The molecular formula is C28H33N3O4. The van der Waals surface area contributed by atoms with Crippen LogP contribution in [0.25, 0.3) is 10.9 Å². The fourth-order valence-electron chi connectivity index (χ4n) is 4.65. The molecule has 7 heteroatoms. The lowest BCUT2D eigenvalue weighted by molar-refractivity contribution is 0.0679. The van der Waals surface area contributed by atoms with Gasteiger partial charge in [-0.2, -0.15) is 0 Å². The molecule has 2 N–H and O–H groups in total. The number of anilines is 1. The summed E-state index contributed by atoms with van der Waals surface area (Å²) in [5.41, 5.74) is 4.35. The van der Waals surface area contributed by atoms with Crippen molar-refractivity contribution in [2.45, 2.75) is 51.3 Å². The fourth-order valence-corrected chi connectivity index (χ4v) is 4.65. The summed E-state index contributed by atoms with van der Waals surface area (Å²) in [6.07, 6.45) is 6.31. The van der Waals surface area contributed by atoms with Crippen molar-refractivity contribution in [3.8, 4) is 5.75 Å². The smallest absolute Gasteiger partial charge is 0.255 e. The lowest BCUT2D eigenvalue weighted by Gasteiger charge is -2.23. The maximum absolute atomic E-state index is 12.9. The molecule has 7 nitrogen and oxygen atoms in total. The molecule has 2 aromatic carbocycles. The first-order chi connectivity index (χ1) is 17.2. The van der Waals surface area contributed by atoms with Crippen LogP contribution >= 0.6 is 0 Å². The number of carbonyl (C=O) groups is 1. The van der Waals surface area contributed by atoms with Gasteiger partial charge in [-0.05, 0) is 80.1 Å². The Hall–Kier alpha value is -3.00. The lowest BCUT2D eigenvalue weighted by atomic mass is 10.1. The van der Waals surface area contributed by atoms with Crippen LogP contribution in [0.1, 0.15) is 47.2 Å². The van der Waals surface area contributed by atoms with Gasteiger partial charge in [0.1, 0.15) is 12.4 Å². The standard InChI is InChI=1S/C28H33N3O4/c1-19-26(31-28(32)21-4-7-24(8-5-21)35-18-25-3-2-12-34-25)9-6-22-15-20(17-30-27(19)22)16-29-23-10-13-33-14-11-23/h4-9,15,17,23,25,29H,2-3,10-14,16,18H2,1H3,(H,31,32)/t25-/m1/s1. The Morgan fingerprint density at radius 2 is 1.91 bits per heavy atom. The minimum atomic E-state index is -0.157. The second kappa shape index (κ2) is 11.2. The van der Waals surface area contributed by atoms with Gasteiger partial charge >= 0.3 is 0 Å². The number of carbonyl (C=O) groups excluding carboxylic acids is 1.